The second kappa shape index (κ2) is 6.69. The van der Waals surface area contributed by atoms with Crippen molar-refractivity contribution in [1.82, 2.24) is 29.9 Å². The van der Waals surface area contributed by atoms with Gasteiger partial charge in [0.15, 0.2) is 10.8 Å². The van der Waals surface area contributed by atoms with Crippen LogP contribution in [0.25, 0.3) is 33.2 Å². The van der Waals surface area contributed by atoms with Crippen molar-refractivity contribution >= 4 is 11.3 Å². The van der Waals surface area contributed by atoms with Crippen LogP contribution in [-0.4, -0.2) is 42.7 Å². The van der Waals surface area contributed by atoms with Crippen LogP contribution < -0.4 is 4.74 Å². The smallest absolute Gasteiger partial charge is 0.408 e. The van der Waals surface area contributed by atoms with Crippen LogP contribution in [0, 0.1) is 0 Å². The lowest BCUT2D eigenvalue weighted by atomic mass is 10.0. The van der Waals surface area contributed by atoms with E-state index < -0.39 is 12.7 Å². The monoisotopic (exact) mass is 418 g/mol. The number of alkyl halides is 3. The van der Waals surface area contributed by atoms with E-state index in [-0.39, 0.29) is 5.82 Å². The third-order valence-corrected chi connectivity index (χ3v) is 5.60. The minimum atomic E-state index is -4.39. The first-order chi connectivity index (χ1) is 14.0. The summed E-state index contributed by atoms with van der Waals surface area (Å²) in [6.07, 6.45) is 0.843. The number of rotatable bonds is 3. The van der Waals surface area contributed by atoms with Crippen LogP contribution >= 0.6 is 11.3 Å². The molecule has 1 aliphatic rings. The van der Waals surface area contributed by atoms with Gasteiger partial charge in [-0.15, -0.1) is 11.3 Å². The number of nitrogens with one attached hydrogen (secondary N) is 1. The summed E-state index contributed by atoms with van der Waals surface area (Å²) in [6, 6.07) is 5.76. The molecule has 1 aromatic carbocycles. The Balaban J connectivity index is 1.56. The van der Waals surface area contributed by atoms with E-state index in [0.29, 0.717) is 29.5 Å². The second-order valence-corrected chi connectivity index (χ2v) is 7.53. The molecule has 1 N–H and O–H groups in total. The normalized spacial score (nSPS) is 13.5. The molecule has 0 amide bonds. The van der Waals surface area contributed by atoms with Gasteiger partial charge in [0.2, 0.25) is 0 Å². The molecule has 7 nitrogen and oxygen atoms in total. The molecule has 0 saturated carbocycles. The molecule has 4 heterocycles. The molecular weight excluding hydrogens is 405 g/mol. The molecule has 4 aromatic rings. The third kappa shape index (κ3) is 3.37. The lowest BCUT2D eigenvalue weighted by Crippen LogP contribution is -2.19. The highest BCUT2D eigenvalue weighted by atomic mass is 32.1. The maximum Gasteiger partial charge on any atom is 0.408 e. The van der Waals surface area contributed by atoms with Crippen molar-refractivity contribution < 1.29 is 17.9 Å². The van der Waals surface area contributed by atoms with Gasteiger partial charge in [0, 0.05) is 28.6 Å². The Morgan fingerprint density at radius 3 is 2.93 bits per heavy atom. The number of nitrogens with zero attached hydrogens (tertiary/aromatic N) is 5. The average molecular weight is 418 g/mol. The Morgan fingerprint density at radius 2 is 2.14 bits per heavy atom. The topological polar surface area (TPSA) is 81.5 Å². The van der Waals surface area contributed by atoms with E-state index in [1.165, 1.54) is 11.3 Å². The van der Waals surface area contributed by atoms with Gasteiger partial charge >= 0.3 is 6.18 Å². The molecule has 0 saturated heterocycles. The first kappa shape index (κ1) is 17.9. The van der Waals surface area contributed by atoms with E-state index in [2.05, 4.69) is 25.3 Å². The van der Waals surface area contributed by atoms with Crippen LogP contribution in [0.3, 0.4) is 0 Å². The number of halogens is 3. The number of hydrogen-bond acceptors (Lipinski definition) is 6. The fraction of sp³-hybridized carbons (Fsp3) is 0.222. The highest BCUT2D eigenvalue weighted by Crippen LogP contribution is 2.41. The van der Waals surface area contributed by atoms with Crippen molar-refractivity contribution in [1.29, 1.82) is 0 Å². The average Bonchev–Trinajstić information content (AvgIpc) is 3.40. The first-order valence-electron chi connectivity index (χ1n) is 8.69. The molecule has 0 fully saturated rings. The number of ether oxygens (including phenoxy) is 1. The van der Waals surface area contributed by atoms with E-state index in [9.17, 15) is 13.2 Å². The van der Waals surface area contributed by atoms with Gasteiger partial charge in [0.25, 0.3) is 0 Å². The second-order valence-electron chi connectivity index (χ2n) is 6.44. The van der Waals surface area contributed by atoms with Crippen LogP contribution in [0.5, 0.6) is 5.75 Å². The summed E-state index contributed by atoms with van der Waals surface area (Å²) in [4.78, 5) is 9.55. The summed E-state index contributed by atoms with van der Waals surface area (Å²) in [5.41, 5.74) is 3.38. The van der Waals surface area contributed by atoms with Crippen LogP contribution in [0.2, 0.25) is 0 Å². The Kier molecular flexibility index (Phi) is 4.12. The SMILES string of the molecule is FC(F)(F)Cn1ncnc1-c1nc2c(s1)CCOc1cc(-c3cn[nH]c3)ccc1-2. The molecule has 0 aliphatic carbocycles. The van der Waals surface area contributed by atoms with Crippen molar-refractivity contribution in [3.05, 3.63) is 41.8 Å². The fourth-order valence-electron chi connectivity index (χ4n) is 3.22. The van der Waals surface area contributed by atoms with Crippen LogP contribution in [0.4, 0.5) is 13.2 Å². The number of benzene rings is 1. The van der Waals surface area contributed by atoms with Gasteiger partial charge < -0.3 is 4.74 Å². The molecule has 148 valence electrons. The maximum atomic E-state index is 12.8. The summed E-state index contributed by atoms with van der Waals surface area (Å²) < 4.78 is 45.2. The molecule has 0 bridgehead atoms. The number of aromatic amines is 1. The van der Waals surface area contributed by atoms with Crippen LogP contribution in [0.1, 0.15) is 4.88 Å². The van der Waals surface area contributed by atoms with Crippen molar-refractivity contribution in [2.24, 2.45) is 0 Å². The molecule has 3 aromatic heterocycles. The van der Waals surface area contributed by atoms with Gasteiger partial charge in [0.05, 0.1) is 18.5 Å². The molecular formula is C18H13F3N6OS. The number of aromatic nitrogens is 6. The molecule has 1 aliphatic heterocycles. The summed E-state index contributed by atoms with van der Waals surface area (Å²) in [5, 5.41) is 10.9. The predicted molar refractivity (Wildman–Crippen MR) is 99.4 cm³/mol. The van der Waals surface area contributed by atoms with E-state index >= 15 is 0 Å². The van der Waals surface area contributed by atoms with Crippen molar-refractivity contribution in [2.45, 2.75) is 19.1 Å². The number of H-pyrrole nitrogens is 1. The van der Waals surface area contributed by atoms with Gasteiger partial charge in [-0.3, -0.25) is 5.10 Å². The lowest BCUT2D eigenvalue weighted by molar-refractivity contribution is -0.142. The summed E-state index contributed by atoms with van der Waals surface area (Å²) in [7, 11) is 0. The Bertz CT molecular complexity index is 1160. The van der Waals surface area contributed by atoms with Gasteiger partial charge in [0.1, 0.15) is 18.6 Å². The fourth-order valence-corrected chi connectivity index (χ4v) is 4.28. The molecule has 11 heteroatoms. The Hall–Kier alpha value is -3.21. The molecule has 29 heavy (non-hydrogen) atoms. The van der Waals surface area contributed by atoms with Crippen molar-refractivity contribution in [3.63, 3.8) is 0 Å². The number of thiazole rings is 1. The maximum absolute atomic E-state index is 12.8. The standard InChI is InChI=1S/C18H13F3N6OS/c19-18(20,21)8-27-16(22-9-25-27)17-26-15-12-2-1-10(11-6-23-24-7-11)5-13(12)28-4-3-14(15)29-17/h1-2,5-7,9H,3-4,8H2,(H,23,24). The summed E-state index contributed by atoms with van der Waals surface area (Å²) >= 11 is 1.32. The Labute approximate surface area is 166 Å². The van der Waals surface area contributed by atoms with Gasteiger partial charge in [-0.05, 0) is 17.7 Å². The van der Waals surface area contributed by atoms with E-state index in [0.717, 1.165) is 32.6 Å². The van der Waals surface area contributed by atoms with Gasteiger partial charge in [-0.2, -0.15) is 23.4 Å². The molecule has 0 spiro atoms. The van der Waals surface area contributed by atoms with Crippen molar-refractivity contribution in [3.8, 4) is 39.0 Å². The molecule has 0 radical (unpaired) electrons. The molecule has 5 rings (SSSR count). The van der Waals surface area contributed by atoms with E-state index in [1.807, 2.05) is 18.2 Å². The minimum absolute atomic E-state index is 0.109. The zero-order valence-electron chi connectivity index (χ0n) is 14.8. The zero-order valence-corrected chi connectivity index (χ0v) is 15.6. The minimum Gasteiger partial charge on any atom is -0.492 e. The zero-order chi connectivity index (χ0) is 20.0. The quantitative estimate of drug-likeness (QED) is 0.545. The highest BCUT2D eigenvalue weighted by molar-refractivity contribution is 7.15. The van der Waals surface area contributed by atoms with Gasteiger partial charge in [-0.25, -0.2) is 14.6 Å². The molecule has 0 atom stereocenters. The van der Waals surface area contributed by atoms with E-state index in [1.54, 1.807) is 12.4 Å². The number of hydrogen-bond donors (Lipinski definition) is 1. The first-order valence-corrected chi connectivity index (χ1v) is 9.50. The summed E-state index contributed by atoms with van der Waals surface area (Å²) in [6.45, 7) is -0.758. The lowest BCUT2D eigenvalue weighted by Gasteiger charge is -2.09. The highest BCUT2D eigenvalue weighted by Gasteiger charge is 2.31. The van der Waals surface area contributed by atoms with E-state index in [4.69, 9.17) is 4.74 Å². The van der Waals surface area contributed by atoms with Crippen LogP contribution in [0.15, 0.2) is 36.9 Å². The summed E-state index contributed by atoms with van der Waals surface area (Å²) in [5.74, 6) is 0.786. The molecule has 0 unspecified atom stereocenters. The van der Waals surface area contributed by atoms with Gasteiger partial charge in [-0.1, -0.05) is 6.07 Å². The number of fused-ring (bicyclic) bond motifs is 3. The largest absolute Gasteiger partial charge is 0.492 e. The van der Waals surface area contributed by atoms with Crippen molar-refractivity contribution in [2.75, 3.05) is 6.61 Å². The predicted octanol–water partition coefficient (Wildman–Crippen LogP) is 3.96. The van der Waals surface area contributed by atoms with Crippen LogP contribution in [-0.2, 0) is 13.0 Å². The Morgan fingerprint density at radius 1 is 1.24 bits per heavy atom. The third-order valence-electron chi connectivity index (χ3n) is 4.49.